The van der Waals surface area contributed by atoms with Crippen molar-refractivity contribution in [1.82, 2.24) is 15.2 Å². The summed E-state index contributed by atoms with van der Waals surface area (Å²) in [6, 6.07) is 0. The van der Waals surface area contributed by atoms with Gasteiger partial charge in [0.1, 0.15) is 0 Å². The third-order valence-electron chi connectivity index (χ3n) is 3.91. The van der Waals surface area contributed by atoms with Gasteiger partial charge in [0.25, 0.3) is 0 Å². The first-order chi connectivity index (χ1) is 9.74. The van der Waals surface area contributed by atoms with Crippen LogP contribution in [0.4, 0.5) is 11.8 Å². The topological polar surface area (TPSA) is 45.2 Å². The Bertz CT molecular complexity index is 395. The van der Waals surface area contributed by atoms with Crippen LogP contribution in [-0.2, 0) is 0 Å². The molecule has 0 aliphatic carbocycles. The van der Waals surface area contributed by atoms with Crippen molar-refractivity contribution in [2.45, 2.75) is 46.5 Å². The number of hydrogen-bond donors (Lipinski definition) is 0. The van der Waals surface area contributed by atoms with E-state index in [-0.39, 0.29) is 0 Å². The lowest BCUT2D eigenvalue weighted by atomic mass is 10.00. The summed E-state index contributed by atoms with van der Waals surface area (Å²) in [5.41, 5.74) is 0. The fraction of sp³-hybridized carbons (Fsp3) is 0.800. The highest BCUT2D eigenvalue weighted by atomic mass is 15.3. The monoisotopic (exact) mass is 277 g/mol. The van der Waals surface area contributed by atoms with Crippen LogP contribution in [0.15, 0.2) is 6.20 Å². The predicted molar refractivity (Wildman–Crippen MR) is 83.2 cm³/mol. The van der Waals surface area contributed by atoms with Gasteiger partial charge in [-0.3, -0.25) is 0 Å². The summed E-state index contributed by atoms with van der Waals surface area (Å²) in [4.78, 5) is 9.32. The summed E-state index contributed by atoms with van der Waals surface area (Å²) in [6.07, 6.45) is 6.49. The van der Waals surface area contributed by atoms with Gasteiger partial charge in [0.2, 0.25) is 5.95 Å². The molecule has 0 aromatic carbocycles. The second-order valence-corrected chi connectivity index (χ2v) is 5.77. The summed E-state index contributed by atoms with van der Waals surface area (Å²) in [6.45, 7) is 10.9. The lowest BCUT2D eigenvalue weighted by molar-refractivity contribution is 0.433. The van der Waals surface area contributed by atoms with Crippen LogP contribution in [0, 0.1) is 5.92 Å². The van der Waals surface area contributed by atoms with Crippen molar-refractivity contribution in [3.63, 3.8) is 0 Å². The molecular formula is C15H27N5. The van der Waals surface area contributed by atoms with Crippen molar-refractivity contribution in [2.24, 2.45) is 5.92 Å². The minimum atomic E-state index is 0.798. The Hall–Kier alpha value is -1.39. The smallest absolute Gasteiger partial charge is 0.247 e. The molecule has 1 aromatic rings. The molecule has 5 heteroatoms. The molecular weight excluding hydrogens is 250 g/mol. The highest BCUT2D eigenvalue weighted by Gasteiger charge is 2.19. The molecule has 0 bridgehead atoms. The van der Waals surface area contributed by atoms with Crippen LogP contribution in [0.1, 0.15) is 46.5 Å². The molecule has 1 aliphatic heterocycles. The zero-order valence-corrected chi connectivity index (χ0v) is 13.0. The van der Waals surface area contributed by atoms with E-state index >= 15 is 0 Å². The van der Waals surface area contributed by atoms with Gasteiger partial charge in [-0.2, -0.15) is 10.1 Å². The van der Waals surface area contributed by atoms with Crippen LogP contribution in [0.3, 0.4) is 0 Å². The largest absolute Gasteiger partial charge is 0.355 e. The number of anilines is 2. The Labute approximate surface area is 122 Å². The van der Waals surface area contributed by atoms with E-state index in [0.29, 0.717) is 0 Å². The van der Waals surface area contributed by atoms with Crippen molar-refractivity contribution in [3.05, 3.63) is 6.20 Å². The van der Waals surface area contributed by atoms with E-state index in [4.69, 9.17) is 4.98 Å². The van der Waals surface area contributed by atoms with Gasteiger partial charge in [-0.25, -0.2) is 0 Å². The Morgan fingerprint density at radius 3 is 2.45 bits per heavy atom. The number of aromatic nitrogens is 3. The van der Waals surface area contributed by atoms with E-state index in [1.165, 1.54) is 12.8 Å². The van der Waals surface area contributed by atoms with E-state index in [2.05, 4.69) is 40.8 Å². The Morgan fingerprint density at radius 1 is 1.20 bits per heavy atom. The van der Waals surface area contributed by atoms with Gasteiger partial charge in [-0.05, 0) is 31.6 Å². The Morgan fingerprint density at radius 2 is 1.85 bits per heavy atom. The summed E-state index contributed by atoms with van der Waals surface area (Å²) in [5, 5.41) is 8.40. The third-order valence-corrected chi connectivity index (χ3v) is 3.91. The number of rotatable bonds is 6. The van der Waals surface area contributed by atoms with Crippen molar-refractivity contribution in [3.8, 4) is 0 Å². The predicted octanol–water partition coefficient (Wildman–Crippen LogP) is 2.73. The highest BCUT2D eigenvalue weighted by Crippen LogP contribution is 2.21. The van der Waals surface area contributed by atoms with Crippen LogP contribution in [0.5, 0.6) is 0 Å². The van der Waals surface area contributed by atoms with Gasteiger partial charge in [0.05, 0.1) is 6.20 Å². The lowest BCUT2D eigenvalue weighted by Gasteiger charge is -2.30. The maximum Gasteiger partial charge on any atom is 0.247 e. The average molecular weight is 277 g/mol. The minimum Gasteiger partial charge on any atom is -0.355 e. The number of piperidine rings is 1. The van der Waals surface area contributed by atoms with Crippen LogP contribution in [0.2, 0.25) is 0 Å². The summed E-state index contributed by atoms with van der Waals surface area (Å²) < 4.78 is 0. The van der Waals surface area contributed by atoms with Gasteiger partial charge in [0, 0.05) is 26.2 Å². The van der Waals surface area contributed by atoms with Crippen LogP contribution in [-0.4, -0.2) is 41.4 Å². The molecule has 0 N–H and O–H groups in total. The van der Waals surface area contributed by atoms with Crippen LogP contribution in [0.25, 0.3) is 0 Å². The molecule has 0 atom stereocenters. The SMILES string of the molecule is CCCN(CCC)c1cnnc(N2CCC(C)CC2)n1. The van der Waals surface area contributed by atoms with Crippen LogP contribution < -0.4 is 9.80 Å². The maximum absolute atomic E-state index is 4.74. The first-order valence-corrected chi connectivity index (χ1v) is 7.94. The van der Waals surface area contributed by atoms with E-state index in [0.717, 1.165) is 56.7 Å². The molecule has 1 aromatic heterocycles. The van der Waals surface area contributed by atoms with Crippen molar-refractivity contribution in [2.75, 3.05) is 36.0 Å². The molecule has 0 amide bonds. The quantitative estimate of drug-likeness (QED) is 0.800. The zero-order valence-electron chi connectivity index (χ0n) is 13.0. The molecule has 20 heavy (non-hydrogen) atoms. The molecule has 5 nitrogen and oxygen atoms in total. The molecule has 0 spiro atoms. The van der Waals surface area contributed by atoms with E-state index in [1.807, 2.05) is 0 Å². The second kappa shape index (κ2) is 7.41. The third kappa shape index (κ3) is 3.81. The van der Waals surface area contributed by atoms with Crippen molar-refractivity contribution >= 4 is 11.8 Å². The lowest BCUT2D eigenvalue weighted by Crippen LogP contribution is -2.35. The minimum absolute atomic E-state index is 0.798. The molecule has 2 heterocycles. The molecule has 0 saturated carbocycles. The first-order valence-electron chi connectivity index (χ1n) is 7.94. The van der Waals surface area contributed by atoms with E-state index in [1.54, 1.807) is 6.20 Å². The van der Waals surface area contributed by atoms with Crippen molar-refractivity contribution in [1.29, 1.82) is 0 Å². The van der Waals surface area contributed by atoms with Gasteiger partial charge in [-0.1, -0.05) is 20.8 Å². The highest BCUT2D eigenvalue weighted by molar-refractivity contribution is 5.41. The van der Waals surface area contributed by atoms with Gasteiger partial charge >= 0.3 is 0 Å². The van der Waals surface area contributed by atoms with Crippen LogP contribution >= 0.6 is 0 Å². The maximum atomic E-state index is 4.74. The molecule has 1 fully saturated rings. The zero-order chi connectivity index (χ0) is 14.4. The van der Waals surface area contributed by atoms with E-state index < -0.39 is 0 Å². The number of hydrogen-bond acceptors (Lipinski definition) is 5. The Kier molecular flexibility index (Phi) is 5.56. The Balaban J connectivity index is 2.09. The van der Waals surface area contributed by atoms with Gasteiger partial charge < -0.3 is 9.80 Å². The van der Waals surface area contributed by atoms with Crippen molar-refractivity contribution < 1.29 is 0 Å². The fourth-order valence-corrected chi connectivity index (χ4v) is 2.66. The molecule has 0 unspecified atom stereocenters. The van der Waals surface area contributed by atoms with E-state index in [9.17, 15) is 0 Å². The molecule has 2 rings (SSSR count). The average Bonchev–Trinajstić information content (AvgIpc) is 2.48. The summed E-state index contributed by atoms with van der Waals surface area (Å²) in [7, 11) is 0. The summed E-state index contributed by atoms with van der Waals surface area (Å²) >= 11 is 0. The standard InChI is InChI=1S/C15H27N5/c1-4-8-19(9-5-2)14-12-16-18-15(17-14)20-10-6-13(3)7-11-20/h12-13H,4-11H2,1-3H3. The molecule has 1 aliphatic rings. The summed E-state index contributed by atoms with van der Waals surface area (Å²) in [5.74, 6) is 2.59. The molecule has 0 radical (unpaired) electrons. The normalized spacial score (nSPS) is 16.4. The van der Waals surface area contributed by atoms with Gasteiger partial charge in [0.15, 0.2) is 5.82 Å². The molecule has 112 valence electrons. The first kappa shape index (κ1) is 15.0. The van der Waals surface area contributed by atoms with Gasteiger partial charge in [-0.15, -0.1) is 5.10 Å². The molecule has 1 saturated heterocycles. The fourth-order valence-electron chi connectivity index (χ4n) is 2.66. The number of nitrogens with zero attached hydrogens (tertiary/aromatic N) is 5. The second-order valence-electron chi connectivity index (χ2n) is 5.77.